The predicted molar refractivity (Wildman–Crippen MR) is 105 cm³/mol. The molecule has 11 heteroatoms. The summed E-state index contributed by atoms with van der Waals surface area (Å²) in [6.45, 7) is 1.06. The van der Waals surface area contributed by atoms with Crippen LogP contribution in [-0.2, 0) is 10.9 Å². The summed E-state index contributed by atoms with van der Waals surface area (Å²) in [6.07, 6.45) is -1.74. The monoisotopic (exact) mass is 433 g/mol. The molecule has 2 amide bonds. The second-order valence-electron chi connectivity index (χ2n) is 6.75. The molecule has 162 valence electrons. The van der Waals surface area contributed by atoms with Gasteiger partial charge in [-0.3, -0.25) is 0 Å². The highest BCUT2D eigenvalue weighted by Crippen LogP contribution is 2.35. The lowest BCUT2D eigenvalue weighted by Crippen LogP contribution is -2.22. The highest BCUT2D eigenvalue weighted by atomic mass is 19.4. The Labute approximate surface area is 175 Å². The predicted octanol–water partition coefficient (Wildman–Crippen LogP) is 4.10. The average molecular weight is 433 g/mol. The lowest BCUT2D eigenvalue weighted by Gasteiger charge is -2.17. The van der Waals surface area contributed by atoms with Gasteiger partial charge in [0, 0.05) is 12.1 Å². The molecule has 2 heterocycles. The van der Waals surface area contributed by atoms with Gasteiger partial charge in [0.1, 0.15) is 24.5 Å². The van der Waals surface area contributed by atoms with E-state index in [4.69, 9.17) is 9.47 Å². The minimum atomic E-state index is -4.65. The van der Waals surface area contributed by atoms with Crippen molar-refractivity contribution in [2.24, 2.45) is 0 Å². The fourth-order valence-electron chi connectivity index (χ4n) is 3.12. The molecule has 1 saturated heterocycles. The molecule has 0 aliphatic carbocycles. The number of anilines is 2. The van der Waals surface area contributed by atoms with E-state index in [2.05, 4.69) is 20.7 Å². The van der Waals surface area contributed by atoms with Gasteiger partial charge in [-0.25, -0.2) is 14.5 Å². The Morgan fingerprint density at radius 2 is 2.03 bits per heavy atom. The minimum absolute atomic E-state index is 0.0312. The number of rotatable bonds is 5. The summed E-state index contributed by atoms with van der Waals surface area (Å²) < 4.78 is 52.7. The first-order valence-corrected chi connectivity index (χ1v) is 9.38. The maximum absolute atomic E-state index is 13.5. The zero-order chi connectivity index (χ0) is 21.8. The molecule has 2 N–H and O–H groups in total. The van der Waals surface area contributed by atoms with Crippen LogP contribution in [-0.4, -0.2) is 40.1 Å². The van der Waals surface area contributed by atoms with E-state index in [0.717, 1.165) is 29.8 Å². The van der Waals surface area contributed by atoms with Crippen molar-refractivity contribution in [1.29, 1.82) is 0 Å². The zero-order valence-electron chi connectivity index (χ0n) is 16.1. The maximum Gasteiger partial charge on any atom is 0.418 e. The second-order valence-corrected chi connectivity index (χ2v) is 6.75. The van der Waals surface area contributed by atoms with Crippen LogP contribution in [0.25, 0.3) is 5.69 Å². The van der Waals surface area contributed by atoms with Gasteiger partial charge in [-0.05, 0) is 30.3 Å². The number of alkyl halides is 3. The summed E-state index contributed by atoms with van der Waals surface area (Å²) in [7, 11) is 0. The summed E-state index contributed by atoms with van der Waals surface area (Å²) in [4.78, 5) is 16.1. The van der Waals surface area contributed by atoms with Crippen LogP contribution in [0.4, 0.5) is 29.3 Å². The molecule has 1 atom stereocenters. The van der Waals surface area contributed by atoms with Crippen LogP contribution in [0.2, 0.25) is 0 Å². The van der Waals surface area contributed by atoms with Crippen molar-refractivity contribution in [3.63, 3.8) is 0 Å². The molecule has 0 saturated carbocycles. The van der Waals surface area contributed by atoms with Crippen molar-refractivity contribution in [1.82, 2.24) is 14.8 Å². The van der Waals surface area contributed by atoms with Gasteiger partial charge in [-0.2, -0.15) is 18.3 Å². The minimum Gasteiger partial charge on any atom is -0.486 e. The number of benzene rings is 2. The number of hydrogen-bond donors (Lipinski definition) is 2. The number of carbonyl (C=O) groups excluding carboxylic acids is 1. The molecule has 1 fully saturated rings. The highest BCUT2D eigenvalue weighted by molar-refractivity contribution is 6.00. The van der Waals surface area contributed by atoms with E-state index < -0.39 is 17.8 Å². The number of urea groups is 1. The smallest absolute Gasteiger partial charge is 0.418 e. The lowest BCUT2D eigenvalue weighted by molar-refractivity contribution is -0.137. The van der Waals surface area contributed by atoms with E-state index in [-0.39, 0.29) is 17.5 Å². The summed E-state index contributed by atoms with van der Waals surface area (Å²) >= 11 is 0. The molecule has 1 aliphatic rings. The Kier molecular flexibility index (Phi) is 5.76. The first-order valence-electron chi connectivity index (χ1n) is 9.38. The standard InChI is InChI=1S/C20H18F3N5O3/c21-20(22,23)15-9-13(5-6-17(15)28-12-24-11-25-28)26-19(29)27-16-3-1-2-4-18(16)31-14-7-8-30-10-14/h1-6,9,11-12,14H,7-8,10H2,(H2,26,27,29). The van der Waals surface area contributed by atoms with Crippen molar-refractivity contribution in [2.75, 3.05) is 23.8 Å². The van der Waals surface area contributed by atoms with Gasteiger partial charge >= 0.3 is 12.2 Å². The molecule has 2 aromatic carbocycles. The fourth-order valence-corrected chi connectivity index (χ4v) is 3.12. The first-order chi connectivity index (χ1) is 14.9. The normalized spacial score (nSPS) is 16.2. The van der Waals surface area contributed by atoms with Crippen LogP contribution in [0.15, 0.2) is 55.1 Å². The lowest BCUT2D eigenvalue weighted by atomic mass is 10.1. The molecule has 0 radical (unpaired) electrons. The fraction of sp³-hybridized carbons (Fsp3) is 0.250. The van der Waals surface area contributed by atoms with E-state index in [0.29, 0.717) is 24.7 Å². The number of para-hydroxylation sites is 2. The Bertz CT molecular complexity index is 1050. The second kappa shape index (κ2) is 8.64. The summed E-state index contributed by atoms with van der Waals surface area (Å²) in [5.74, 6) is 0.450. The van der Waals surface area contributed by atoms with Crippen molar-refractivity contribution in [2.45, 2.75) is 18.7 Å². The number of carbonyl (C=O) groups is 1. The Morgan fingerprint density at radius 1 is 1.19 bits per heavy atom. The Balaban J connectivity index is 1.50. The van der Waals surface area contributed by atoms with E-state index in [1.54, 1.807) is 24.3 Å². The molecule has 4 rings (SSSR count). The van der Waals surface area contributed by atoms with Gasteiger partial charge in [0.25, 0.3) is 0 Å². The molecule has 31 heavy (non-hydrogen) atoms. The molecular formula is C20H18F3N5O3. The number of amides is 2. The SMILES string of the molecule is O=C(Nc1ccc(-n2cncn2)c(C(F)(F)F)c1)Nc1ccccc1OC1CCOC1. The van der Waals surface area contributed by atoms with Gasteiger partial charge in [-0.1, -0.05) is 12.1 Å². The van der Waals surface area contributed by atoms with E-state index in [1.807, 2.05) is 0 Å². The Morgan fingerprint density at radius 3 is 2.74 bits per heavy atom. The molecule has 1 aromatic heterocycles. The first kappa shape index (κ1) is 20.7. The van der Waals surface area contributed by atoms with Gasteiger partial charge < -0.3 is 20.1 Å². The average Bonchev–Trinajstić information content (AvgIpc) is 3.43. The zero-order valence-corrected chi connectivity index (χ0v) is 16.1. The van der Waals surface area contributed by atoms with Gasteiger partial charge in [0.2, 0.25) is 0 Å². The number of halogens is 3. The Hall–Kier alpha value is -3.60. The third-order valence-electron chi connectivity index (χ3n) is 4.54. The largest absolute Gasteiger partial charge is 0.486 e. The van der Waals surface area contributed by atoms with Gasteiger partial charge in [0.15, 0.2) is 0 Å². The topological polar surface area (TPSA) is 90.3 Å². The van der Waals surface area contributed by atoms with Gasteiger partial charge in [0.05, 0.1) is 30.2 Å². The van der Waals surface area contributed by atoms with E-state index in [1.165, 1.54) is 12.1 Å². The molecule has 3 aromatic rings. The number of nitrogens with one attached hydrogen (secondary N) is 2. The van der Waals surface area contributed by atoms with Crippen molar-refractivity contribution >= 4 is 17.4 Å². The van der Waals surface area contributed by atoms with Crippen LogP contribution < -0.4 is 15.4 Å². The highest BCUT2D eigenvalue weighted by Gasteiger charge is 2.34. The molecule has 0 bridgehead atoms. The number of nitrogens with zero attached hydrogens (tertiary/aromatic N) is 3. The molecule has 1 aliphatic heterocycles. The third-order valence-corrected chi connectivity index (χ3v) is 4.54. The number of ether oxygens (including phenoxy) is 2. The molecule has 0 spiro atoms. The van der Waals surface area contributed by atoms with Crippen LogP contribution in [0.1, 0.15) is 12.0 Å². The van der Waals surface area contributed by atoms with E-state index >= 15 is 0 Å². The summed E-state index contributed by atoms with van der Waals surface area (Å²) in [5, 5.41) is 8.77. The number of hydrogen-bond acceptors (Lipinski definition) is 5. The summed E-state index contributed by atoms with van der Waals surface area (Å²) in [6, 6.07) is 9.50. The number of aromatic nitrogens is 3. The van der Waals surface area contributed by atoms with Crippen LogP contribution in [0.3, 0.4) is 0 Å². The molecular weight excluding hydrogens is 415 g/mol. The van der Waals surface area contributed by atoms with Crippen LogP contribution in [0.5, 0.6) is 5.75 Å². The van der Waals surface area contributed by atoms with Crippen molar-refractivity contribution in [3.8, 4) is 11.4 Å². The van der Waals surface area contributed by atoms with Crippen molar-refractivity contribution < 1.29 is 27.4 Å². The quantitative estimate of drug-likeness (QED) is 0.632. The third kappa shape index (κ3) is 4.94. The van der Waals surface area contributed by atoms with E-state index in [9.17, 15) is 18.0 Å². The van der Waals surface area contributed by atoms with Gasteiger partial charge in [-0.15, -0.1) is 0 Å². The maximum atomic E-state index is 13.5. The molecule has 1 unspecified atom stereocenters. The van der Waals surface area contributed by atoms with Crippen LogP contribution in [0, 0.1) is 0 Å². The summed E-state index contributed by atoms with van der Waals surface area (Å²) in [5.41, 5.74) is -0.798. The van der Waals surface area contributed by atoms with Crippen molar-refractivity contribution in [3.05, 3.63) is 60.7 Å². The van der Waals surface area contributed by atoms with Crippen LogP contribution >= 0.6 is 0 Å². The molecule has 8 nitrogen and oxygen atoms in total.